The molecule has 0 aliphatic carbocycles. The summed E-state index contributed by atoms with van der Waals surface area (Å²) < 4.78 is 14.0. The Kier molecular flexibility index (Phi) is 13.9. The van der Waals surface area contributed by atoms with Crippen molar-refractivity contribution in [2.75, 3.05) is 60.5 Å². The van der Waals surface area contributed by atoms with Crippen molar-refractivity contribution in [1.29, 1.82) is 0 Å². The zero-order valence-corrected chi connectivity index (χ0v) is 40.3. The smallest absolute Gasteiger partial charge is 0.324 e. The number of nitrogens with two attached hydrogens (primary N) is 1. The van der Waals surface area contributed by atoms with E-state index in [1.165, 1.54) is 21.2 Å². The van der Waals surface area contributed by atoms with Crippen molar-refractivity contribution in [2.45, 2.75) is 91.6 Å². The molecule has 0 saturated carbocycles. The number of nitrogens with one attached hydrogen (secondary N) is 2. The molecule has 3 saturated heterocycles. The highest BCUT2D eigenvalue weighted by Crippen LogP contribution is 2.40. The summed E-state index contributed by atoms with van der Waals surface area (Å²) in [5.74, 6) is 0.0342. The third kappa shape index (κ3) is 9.49. The summed E-state index contributed by atoms with van der Waals surface area (Å²) in [4.78, 5) is 70.6. The molecule has 1 radical (unpaired) electrons. The predicted molar refractivity (Wildman–Crippen MR) is 249 cm³/mol. The maximum Gasteiger partial charge on any atom is 0.324 e. The van der Waals surface area contributed by atoms with Gasteiger partial charge in [0.05, 0.1) is 29.1 Å². The molecular formula is C46H66N9O6SSi. The summed E-state index contributed by atoms with van der Waals surface area (Å²) in [7, 11) is 3.00. The lowest BCUT2D eigenvalue weighted by atomic mass is 9.81. The fraction of sp³-hybridized carbons (Fsp3) is 0.587. The van der Waals surface area contributed by atoms with E-state index in [4.69, 9.17) is 20.2 Å². The maximum atomic E-state index is 14.6. The molecule has 63 heavy (non-hydrogen) atoms. The van der Waals surface area contributed by atoms with Crippen LogP contribution in [0.15, 0.2) is 41.9 Å². The highest BCUT2D eigenvalue weighted by Gasteiger charge is 2.44. The van der Waals surface area contributed by atoms with Gasteiger partial charge in [-0.2, -0.15) is 0 Å². The second-order valence-corrected chi connectivity index (χ2v) is 21.9. The summed E-state index contributed by atoms with van der Waals surface area (Å²) in [6.45, 7) is 20.8. The minimum Gasteiger partial charge on any atom is -0.464 e. The van der Waals surface area contributed by atoms with Crippen LogP contribution in [0.1, 0.15) is 70.6 Å². The fourth-order valence-electron chi connectivity index (χ4n) is 9.61. The minimum absolute atomic E-state index is 0.131. The number of ether oxygens (including phenoxy) is 2. The van der Waals surface area contributed by atoms with Gasteiger partial charge in [0.25, 0.3) is 8.96 Å². The number of cyclic esters (lactones) is 1. The zero-order chi connectivity index (χ0) is 45.5. The summed E-state index contributed by atoms with van der Waals surface area (Å²) in [6.07, 6.45) is 3.06. The van der Waals surface area contributed by atoms with Crippen LogP contribution < -0.4 is 16.1 Å². The van der Waals surface area contributed by atoms with Crippen molar-refractivity contribution in [3.8, 4) is 11.3 Å². The van der Waals surface area contributed by atoms with Gasteiger partial charge in [0.15, 0.2) is 0 Å². The average molecular weight is 901 g/mol. The van der Waals surface area contributed by atoms with Crippen LogP contribution >= 0.6 is 11.3 Å². The first-order valence-corrected chi connectivity index (χ1v) is 24.9. The van der Waals surface area contributed by atoms with E-state index in [2.05, 4.69) is 72.5 Å². The number of esters is 1. The van der Waals surface area contributed by atoms with E-state index < -0.39 is 32.4 Å². The van der Waals surface area contributed by atoms with Crippen LogP contribution in [0.25, 0.3) is 27.7 Å². The minimum atomic E-state index is -2.43. The topological polar surface area (TPSA) is 168 Å². The first-order chi connectivity index (χ1) is 29.9. The normalized spacial score (nSPS) is 21.8. The molecule has 341 valence electrons. The third-order valence-electron chi connectivity index (χ3n) is 13.3. The molecule has 6 bridgehead atoms. The van der Waals surface area contributed by atoms with Crippen molar-refractivity contribution in [3.63, 3.8) is 0 Å². The number of methoxy groups -OCH3 is 1. The Balaban J connectivity index is 1.24. The SMILES string of the molecule is C=C/C(=C(\N)[C@H](C)OC)c1c2c3cc(ccc3n1CC)-c1csc(n1)C[Si](NC(=O)[C@H](C(C)C)N(C)C(=O)N1CC(C3CN(C)C3)C1)C(=O)N1CCC[C@H](N1)C(=O)OCC(C)(C)C2. The Labute approximate surface area is 377 Å². The van der Waals surface area contributed by atoms with Crippen LogP contribution in [0.5, 0.6) is 0 Å². The number of rotatable bonds is 10. The number of urea groups is 1. The highest BCUT2D eigenvalue weighted by atomic mass is 32.1. The van der Waals surface area contributed by atoms with E-state index in [9.17, 15) is 19.2 Å². The maximum absolute atomic E-state index is 14.6. The summed E-state index contributed by atoms with van der Waals surface area (Å²) in [5.41, 5.74) is 15.2. The van der Waals surface area contributed by atoms with Gasteiger partial charge in [0, 0.05) is 98.0 Å². The second kappa shape index (κ2) is 18.9. The summed E-state index contributed by atoms with van der Waals surface area (Å²) >= 11 is 1.45. The molecule has 4 amide bonds. The Morgan fingerprint density at radius 1 is 1.19 bits per heavy atom. The predicted octanol–water partition coefficient (Wildman–Crippen LogP) is 5.23. The number of aromatic nitrogens is 2. The lowest BCUT2D eigenvalue weighted by Crippen LogP contribution is -2.65. The van der Waals surface area contributed by atoms with Gasteiger partial charge in [0.1, 0.15) is 12.1 Å². The van der Waals surface area contributed by atoms with Crippen LogP contribution in [0.4, 0.5) is 9.59 Å². The molecule has 17 heteroatoms. The molecule has 0 unspecified atom stereocenters. The van der Waals surface area contributed by atoms with E-state index in [-0.39, 0.29) is 42.1 Å². The molecule has 3 fully saturated rings. The van der Waals surface area contributed by atoms with Gasteiger partial charge in [-0.05, 0) is 75.6 Å². The van der Waals surface area contributed by atoms with Gasteiger partial charge in [0.2, 0.25) is 11.4 Å². The molecule has 15 nitrogen and oxygen atoms in total. The van der Waals surface area contributed by atoms with Crippen molar-refractivity contribution in [1.82, 2.24) is 39.7 Å². The van der Waals surface area contributed by atoms with Crippen molar-refractivity contribution < 1.29 is 28.7 Å². The molecule has 3 aromatic rings. The number of allylic oxidation sites excluding steroid dienone is 2. The van der Waals surface area contributed by atoms with E-state index >= 15 is 0 Å². The summed E-state index contributed by atoms with van der Waals surface area (Å²) in [6, 6.07) is 4.80. The number of fused-ring (bicyclic) bond motifs is 6. The number of hydrazine groups is 1. The largest absolute Gasteiger partial charge is 0.464 e. The van der Waals surface area contributed by atoms with Gasteiger partial charge in [-0.15, -0.1) is 11.3 Å². The number of likely N-dealkylation sites (tertiary alicyclic amines) is 2. The molecule has 0 spiro atoms. The first kappa shape index (κ1) is 46.4. The average Bonchev–Trinajstić information content (AvgIpc) is 3.82. The zero-order valence-electron chi connectivity index (χ0n) is 38.5. The highest BCUT2D eigenvalue weighted by molar-refractivity contribution is 7.10. The summed E-state index contributed by atoms with van der Waals surface area (Å²) in [5, 5.41) is 5.21. The first-order valence-electron chi connectivity index (χ1n) is 22.3. The number of amides is 4. The van der Waals surface area contributed by atoms with Gasteiger partial charge in [-0.25, -0.2) is 15.2 Å². The molecule has 1 aromatic carbocycles. The van der Waals surface area contributed by atoms with Crippen LogP contribution in [-0.4, -0.2) is 140 Å². The molecule has 4 aliphatic heterocycles. The lowest BCUT2D eigenvalue weighted by molar-refractivity contribution is -0.151. The van der Waals surface area contributed by atoms with E-state index in [0.717, 1.165) is 52.1 Å². The Morgan fingerprint density at radius 2 is 1.90 bits per heavy atom. The van der Waals surface area contributed by atoms with Crippen LogP contribution in [0.3, 0.4) is 0 Å². The number of hydrogen-bond donors (Lipinski definition) is 3. The van der Waals surface area contributed by atoms with Crippen molar-refractivity contribution in [2.24, 2.45) is 28.9 Å². The van der Waals surface area contributed by atoms with E-state index in [1.54, 1.807) is 20.2 Å². The van der Waals surface area contributed by atoms with Crippen molar-refractivity contribution >= 4 is 60.2 Å². The Bertz CT molecular complexity index is 2260. The molecule has 4 N–H and O–H groups in total. The number of benzene rings is 1. The third-order valence-corrected chi connectivity index (χ3v) is 16.4. The Hall–Kier alpha value is -4.55. The quantitative estimate of drug-likeness (QED) is 0.139. The molecule has 2 aromatic heterocycles. The Morgan fingerprint density at radius 3 is 2.56 bits per heavy atom. The molecule has 6 heterocycles. The van der Waals surface area contributed by atoms with E-state index in [1.807, 2.05) is 31.1 Å². The van der Waals surface area contributed by atoms with Gasteiger partial charge >= 0.3 is 12.0 Å². The van der Waals surface area contributed by atoms with Crippen molar-refractivity contribution in [3.05, 3.63) is 58.2 Å². The fourth-order valence-corrected chi connectivity index (χ4v) is 12.6. The monoisotopic (exact) mass is 900 g/mol. The van der Waals surface area contributed by atoms with Gasteiger partial charge in [-0.1, -0.05) is 46.4 Å². The molecule has 4 aliphatic rings. The van der Waals surface area contributed by atoms with Crippen LogP contribution in [0.2, 0.25) is 0 Å². The van der Waals surface area contributed by atoms with Crippen LogP contribution in [0, 0.1) is 23.2 Å². The number of aryl methyl sites for hydroxylation is 1. The molecular weight excluding hydrogens is 835 g/mol. The number of carbonyl (C=O) groups excluding carboxylic acids is 4. The number of nitrogens with zero attached hydrogens (tertiary/aromatic N) is 6. The van der Waals surface area contributed by atoms with Gasteiger partial charge < -0.3 is 39.5 Å². The standard InChI is InChI=1S/C46H66N9O6SSi/c1-11-32(39(47)28(5)60-10)41-34-19-46(6,7)26-61-43(57)35-14-13-17-55(49-35)45(59)63(25-38-48-36(24-62-38)29-15-16-37(33(34)18-29)54(41)12-2)50-42(56)40(27(3)4)52(9)44(58)53-22-31(23-53)30-20-51(8)21-30/h11,15-16,18,24,27-28,30-31,35,40,49H,1,12-14,17,19-23,25-26,47H2,2-10H3,(H,50,56)/b39-32+/t28-,35-,40-/m0/s1. The molecule has 3 atom stereocenters. The number of hydrogen-bond acceptors (Lipinski definition) is 11. The van der Waals surface area contributed by atoms with Gasteiger partial charge in [-0.3, -0.25) is 19.4 Å². The number of carbonyl (C=O) groups is 4. The van der Waals surface area contributed by atoms with Crippen LogP contribution in [-0.2, 0) is 38.1 Å². The molecule has 7 rings (SSSR count). The number of likely N-dealkylation sites (N-methyl/N-ethyl adjacent to an activating group) is 1. The lowest BCUT2D eigenvalue weighted by Gasteiger charge is -2.50. The van der Waals surface area contributed by atoms with E-state index in [0.29, 0.717) is 68.0 Å². The number of thiazole rings is 1. The second-order valence-electron chi connectivity index (χ2n) is 19.0.